The summed E-state index contributed by atoms with van der Waals surface area (Å²) in [5.74, 6) is 0.728. The van der Waals surface area contributed by atoms with Crippen LogP contribution in [-0.4, -0.2) is 29.9 Å². The highest BCUT2D eigenvalue weighted by Crippen LogP contribution is 2.03. The van der Waals surface area contributed by atoms with Crippen molar-refractivity contribution in [3.8, 4) is 0 Å². The van der Waals surface area contributed by atoms with E-state index < -0.39 is 10.0 Å². The van der Waals surface area contributed by atoms with Gasteiger partial charge in [0.05, 0.1) is 10.7 Å². The molecular formula is C4H7IN4O2S. The molecule has 8 heteroatoms. The van der Waals surface area contributed by atoms with Crippen LogP contribution in [0.4, 0.5) is 5.95 Å². The van der Waals surface area contributed by atoms with Crippen molar-refractivity contribution in [1.82, 2.24) is 15.2 Å². The van der Waals surface area contributed by atoms with E-state index >= 15 is 0 Å². The third-order valence-electron chi connectivity index (χ3n) is 0.935. The highest BCUT2D eigenvalue weighted by Gasteiger charge is 2.06. The smallest absolute Gasteiger partial charge is 0.255 e. The zero-order chi connectivity index (χ0) is 9.19. The predicted molar refractivity (Wildman–Crippen MR) is 52.6 cm³/mol. The van der Waals surface area contributed by atoms with E-state index in [-0.39, 0.29) is 5.95 Å². The maximum absolute atomic E-state index is 10.7. The number of halogens is 1. The second kappa shape index (κ2) is 3.56. The third kappa shape index (κ3) is 2.93. The minimum absolute atomic E-state index is 0.0872. The van der Waals surface area contributed by atoms with Gasteiger partial charge in [-0.2, -0.15) is 4.98 Å². The summed E-state index contributed by atoms with van der Waals surface area (Å²) in [7, 11) is -3.27. The Morgan fingerprint density at radius 3 is 2.75 bits per heavy atom. The van der Waals surface area contributed by atoms with Crippen molar-refractivity contribution in [3.05, 3.63) is 5.82 Å². The lowest BCUT2D eigenvalue weighted by Crippen LogP contribution is -2.10. The molecule has 68 valence electrons. The second-order valence-corrected chi connectivity index (χ2v) is 4.62. The van der Waals surface area contributed by atoms with E-state index in [0.717, 1.165) is 6.26 Å². The Morgan fingerprint density at radius 2 is 2.33 bits per heavy atom. The van der Waals surface area contributed by atoms with Gasteiger partial charge in [0.2, 0.25) is 10.0 Å². The van der Waals surface area contributed by atoms with Gasteiger partial charge in [-0.05, 0) is 0 Å². The van der Waals surface area contributed by atoms with Gasteiger partial charge in [0.1, 0.15) is 5.82 Å². The van der Waals surface area contributed by atoms with Gasteiger partial charge in [-0.1, -0.05) is 22.6 Å². The first-order valence-corrected chi connectivity index (χ1v) is 6.38. The van der Waals surface area contributed by atoms with Crippen LogP contribution in [0.5, 0.6) is 0 Å². The first-order chi connectivity index (χ1) is 5.51. The quantitative estimate of drug-likeness (QED) is 0.613. The number of aromatic nitrogens is 3. The topological polar surface area (TPSA) is 87.7 Å². The number of hydrogen-bond acceptors (Lipinski definition) is 4. The van der Waals surface area contributed by atoms with E-state index in [1.807, 2.05) is 0 Å². The van der Waals surface area contributed by atoms with E-state index in [2.05, 4.69) is 42.5 Å². The summed E-state index contributed by atoms with van der Waals surface area (Å²) in [6.07, 6.45) is 1.05. The molecule has 0 bridgehead atoms. The van der Waals surface area contributed by atoms with E-state index in [4.69, 9.17) is 0 Å². The minimum Gasteiger partial charge on any atom is -0.260 e. The van der Waals surface area contributed by atoms with Gasteiger partial charge in [-0.25, -0.2) is 8.42 Å². The summed E-state index contributed by atoms with van der Waals surface area (Å²) in [6.45, 7) is 0. The number of hydrogen-bond donors (Lipinski definition) is 2. The van der Waals surface area contributed by atoms with Crippen LogP contribution in [0.1, 0.15) is 5.82 Å². The van der Waals surface area contributed by atoms with Gasteiger partial charge in [0, 0.05) is 0 Å². The fraction of sp³-hybridized carbons (Fsp3) is 0.500. The Balaban J connectivity index is 2.78. The number of aromatic amines is 1. The molecule has 1 aromatic rings. The maximum atomic E-state index is 10.7. The van der Waals surface area contributed by atoms with Gasteiger partial charge in [0.25, 0.3) is 5.95 Å². The van der Waals surface area contributed by atoms with Crippen LogP contribution in [0.25, 0.3) is 0 Å². The van der Waals surface area contributed by atoms with E-state index in [9.17, 15) is 8.42 Å². The van der Waals surface area contributed by atoms with Crippen LogP contribution < -0.4 is 4.72 Å². The Morgan fingerprint density at radius 1 is 1.67 bits per heavy atom. The second-order valence-electron chi connectivity index (χ2n) is 2.11. The van der Waals surface area contributed by atoms with Gasteiger partial charge < -0.3 is 0 Å². The lowest BCUT2D eigenvalue weighted by Gasteiger charge is -1.94. The maximum Gasteiger partial charge on any atom is 0.255 e. The van der Waals surface area contributed by atoms with Crippen molar-refractivity contribution in [2.75, 3.05) is 11.0 Å². The summed E-state index contributed by atoms with van der Waals surface area (Å²) < 4.78 is 24.2. The highest BCUT2D eigenvalue weighted by molar-refractivity contribution is 14.1. The van der Waals surface area contributed by atoms with Crippen LogP contribution in [0.3, 0.4) is 0 Å². The molecule has 0 aromatic carbocycles. The highest BCUT2D eigenvalue weighted by atomic mass is 127. The van der Waals surface area contributed by atoms with Crippen LogP contribution in [0.2, 0.25) is 0 Å². The summed E-state index contributed by atoms with van der Waals surface area (Å²) in [5.41, 5.74) is 0. The summed E-state index contributed by atoms with van der Waals surface area (Å²) >= 11 is 2.09. The fourth-order valence-electron chi connectivity index (χ4n) is 0.567. The van der Waals surface area contributed by atoms with Crippen molar-refractivity contribution < 1.29 is 8.42 Å². The van der Waals surface area contributed by atoms with E-state index in [0.29, 0.717) is 10.3 Å². The largest absolute Gasteiger partial charge is 0.260 e. The molecule has 0 amide bonds. The number of anilines is 1. The number of sulfonamides is 1. The molecule has 0 unspecified atom stereocenters. The summed E-state index contributed by atoms with van der Waals surface area (Å²) in [6, 6.07) is 0. The molecule has 1 rings (SSSR count). The molecule has 2 N–H and O–H groups in total. The Labute approximate surface area is 83.4 Å². The number of nitrogens with zero attached hydrogens (tertiary/aromatic N) is 2. The number of nitrogens with one attached hydrogen (secondary N) is 2. The third-order valence-corrected chi connectivity index (χ3v) is 2.21. The van der Waals surface area contributed by atoms with Crippen molar-refractivity contribution in [1.29, 1.82) is 0 Å². The summed E-state index contributed by atoms with van der Waals surface area (Å²) in [4.78, 5) is 3.85. The molecule has 0 saturated heterocycles. The molecule has 1 heterocycles. The van der Waals surface area contributed by atoms with Gasteiger partial charge in [-0.15, -0.1) is 5.10 Å². The molecule has 1 aromatic heterocycles. The van der Waals surface area contributed by atoms with Crippen LogP contribution in [0.15, 0.2) is 0 Å². The standard InChI is InChI=1S/C4H7IN4O2S/c1-12(10,11)9-4-6-3(2-5)7-8-4/h2H2,1H3,(H2,6,7,8,9). The van der Waals surface area contributed by atoms with E-state index in [1.54, 1.807) is 0 Å². The average molecular weight is 302 g/mol. The van der Waals surface area contributed by atoms with Crippen LogP contribution >= 0.6 is 22.6 Å². The molecule has 0 radical (unpaired) electrons. The van der Waals surface area contributed by atoms with E-state index in [1.165, 1.54) is 0 Å². The minimum atomic E-state index is -3.27. The van der Waals surface area contributed by atoms with Crippen molar-refractivity contribution in [2.24, 2.45) is 0 Å². The van der Waals surface area contributed by atoms with Crippen LogP contribution in [-0.2, 0) is 14.5 Å². The average Bonchev–Trinajstić information content (AvgIpc) is 2.32. The van der Waals surface area contributed by atoms with Gasteiger partial charge in [-0.3, -0.25) is 9.82 Å². The van der Waals surface area contributed by atoms with Gasteiger partial charge in [0.15, 0.2) is 0 Å². The zero-order valence-electron chi connectivity index (χ0n) is 6.20. The monoisotopic (exact) mass is 302 g/mol. The number of alkyl halides is 1. The normalized spacial score (nSPS) is 11.5. The van der Waals surface area contributed by atoms with Crippen molar-refractivity contribution in [3.63, 3.8) is 0 Å². The summed E-state index contributed by atoms with van der Waals surface area (Å²) in [5, 5.41) is 6.22. The predicted octanol–water partition coefficient (Wildman–Crippen LogP) is 0.111. The SMILES string of the molecule is CS(=O)(=O)Nc1n[nH]c(CI)n1. The molecule has 0 aliphatic carbocycles. The van der Waals surface area contributed by atoms with Crippen molar-refractivity contribution >= 4 is 38.6 Å². The molecule has 0 spiro atoms. The Hall–Kier alpha value is -0.380. The zero-order valence-corrected chi connectivity index (χ0v) is 9.18. The van der Waals surface area contributed by atoms with Crippen molar-refractivity contribution in [2.45, 2.75) is 4.43 Å². The van der Waals surface area contributed by atoms with Gasteiger partial charge >= 0.3 is 0 Å². The lowest BCUT2D eigenvalue weighted by atomic mass is 10.7. The molecular weight excluding hydrogens is 295 g/mol. The Bertz CT molecular complexity index is 359. The lowest BCUT2D eigenvalue weighted by molar-refractivity contribution is 0.606. The van der Waals surface area contributed by atoms with Crippen LogP contribution in [0, 0.1) is 0 Å². The Kier molecular flexibility index (Phi) is 2.88. The fourth-order valence-corrected chi connectivity index (χ4v) is 1.33. The molecule has 6 nitrogen and oxygen atoms in total. The molecule has 0 saturated carbocycles. The molecule has 12 heavy (non-hydrogen) atoms. The first-order valence-electron chi connectivity index (χ1n) is 2.96. The molecule has 0 aliphatic heterocycles. The number of H-pyrrole nitrogens is 1. The number of rotatable bonds is 3. The molecule has 0 atom stereocenters. The molecule has 0 aliphatic rings. The first kappa shape index (κ1) is 9.71. The molecule has 0 fully saturated rings.